The van der Waals surface area contributed by atoms with Crippen LogP contribution in [0.1, 0.15) is 46.0 Å². The van der Waals surface area contributed by atoms with Crippen LogP contribution in [0.5, 0.6) is 0 Å². The van der Waals surface area contributed by atoms with Gasteiger partial charge in [-0.3, -0.25) is 4.99 Å². The fourth-order valence-electron chi connectivity index (χ4n) is 1.01. The lowest BCUT2D eigenvalue weighted by molar-refractivity contribution is 0.716. The molecule has 3 nitrogen and oxygen atoms in total. The maximum Gasteiger partial charge on any atom is 0.188 e. The van der Waals surface area contributed by atoms with E-state index in [1.807, 2.05) is 0 Å². The highest BCUT2D eigenvalue weighted by molar-refractivity contribution is 5.77. The summed E-state index contributed by atoms with van der Waals surface area (Å²) in [7, 11) is 0. The van der Waals surface area contributed by atoms with E-state index in [9.17, 15) is 0 Å². The average Bonchev–Trinajstić information content (AvgIpc) is 2.13. The number of unbranched alkanes of at least 4 members (excludes halogenated alkanes) is 3. The average molecular weight is 185 g/mol. The number of hydrogen-bond acceptors (Lipinski definition) is 1. The van der Waals surface area contributed by atoms with Gasteiger partial charge in [0, 0.05) is 13.1 Å². The van der Waals surface area contributed by atoms with Crippen molar-refractivity contribution in [3.63, 3.8) is 0 Å². The molecule has 0 aliphatic heterocycles. The van der Waals surface area contributed by atoms with Crippen LogP contribution in [0.3, 0.4) is 0 Å². The van der Waals surface area contributed by atoms with E-state index < -0.39 is 0 Å². The molecular formula is C10H23N3. The molecule has 0 saturated carbocycles. The second kappa shape index (κ2) is 9.36. The van der Waals surface area contributed by atoms with Crippen LogP contribution in [0, 0.1) is 0 Å². The van der Waals surface area contributed by atoms with Gasteiger partial charge < -0.3 is 11.1 Å². The zero-order valence-corrected chi connectivity index (χ0v) is 8.97. The second-order valence-corrected chi connectivity index (χ2v) is 3.25. The summed E-state index contributed by atoms with van der Waals surface area (Å²) in [4.78, 5) is 4.22. The molecule has 0 aromatic carbocycles. The highest BCUT2D eigenvalue weighted by Crippen LogP contribution is 1.93. The Balaban J connectivity index is 3.29. The minimum Gasteiger partial charge on any atom is -0.370 e. The van der Waals surface area contributed by atoms with Crippen molar-refractivity contribution < 1.29 is 0 Å². The molecule has 0 radical (unpaired) electrons. The number of nitrogens with zero attached hydrogens (tertiary/aromatic N) is 1. The highest BCUT2D eigenvalue weighted by atomic mass is 15.1. The fourth-order valence-corrected chi connectivity index (χ4v) is 1.01. The van der Waals surface area contributed by atoms with Crippen molar-refractivity contribution in [3.05, 3.63) is 0 Å². The molecule has 0 aromatic rings. The first-order valence-corrected chi connectivity index (χ1v) is 5.35. The quantitative estimate of drug-likeness (QED) is 0.361. The van der Waals surface area contributed by atoms with E-state index in [0.717, 1.165) is 25.9 Å². The molecule has 0 saturated heterocycles. The number of aliphatic imine (C=N–C) groups is 1. The summed E-state index contributed by atoms with van der Waals surface area (Å²) >= 11 is 0. The van der Waals surface area contributed by atoms with E-state index in [1.165, 1.54) is 19.3 Å². The number of rotatable bonds is 7. The predicted octanol–water partition coefficient (Wildman–Crippen LogP) is 1.88. The number of nitrogens with one attached hydrogen (secondary N) is 1. The third-order valence-corrected chi connectivity index (χ3v) is 1.88. The smallest absolute Gasteiger partial charge is 0.188 e. The minimum absolute atomic E-state index is 0.601. The fraction of sp³-hybridized carbons (Fsp3) is 0.900. The molecule has 3 N–H and O–H groups in total. The van der Waals surface area contributed by atoms with Gasteiger partial charge in [-0.2, -0.15) is 0 Å². The highest BCUT2D eigenvalue weighted by Gasteiger charge is 1.89. The molecule has 0 atom stereocenters. The van der Waals surface area contributed by atoms with Crippen LogP contribution in [-0.2, 0) is 0 Å². The summed E-state index contributed by atoms with van der Waals surface area (Å²) in [6.45, 7) is 6.15. The monoisotopic (exact) mass is 185 g/mol. The summed E-state index contributed by atoms with van der Waals surface area (Å²) in [5.74, 6) is 0.601. The minimum atomic E-state index is 0.601. The SMILES string of the molecule is CCCCCN=C(N)NCCCC. The molecule has 0 bridgehead atoms. The summed E-state index contributed by atoms with van der Waals surface area (Å²) in [6.07, 6.45) is 5.97. The molecule has 0 amide bonds. The molecule has 0 spiro atoms. The van der Waals surface area contributed by atoms with Crippen molar-refractivity contribution in [1.82, 2.24) is 5.32 Å². The van der Waals surface area contributed by atoms with Crippen LogP contribution < -0.4 is 11.1 Å². The van der Waals surface area contributed by atoms with E-state index in [-0.39, 0.29) is 0 Å². The van der Waals surface area contributed by atoms with E-state index in [0.29, 0.717) is 5.96 Å². The van der Waals surface area contributed by atoms with Crippen molar-refractivity contribution in [1.29, 1.82) is 0 Å². The molecule has 0 rings (SSSR count). The molecule has 3 heteroatoms. The maximum atomic E-state index is 5.64. The van der Waals surface area contributed by atoms with Gasteiger partial charge in [0.25, 0.3) is 0 Å². The van der Waals surface area contributed by atoms with Gasteiger partial charge in [0.15, 0.2) is 5.96 Å². The van der Waals surface area contributed by atoms with Crippen LogP contribution in [0.2, 0.25) is 0 Å². The van der Waals surface area contributed by atoms with Gasteiger partial charge >= 0.3 is 0 Å². The number of nitrogens with two attached hydrogens (primary N) is 1. The van der Waals surface area contributed by atoms with Crippen LogP contribution in [0.4, 0.5) is 0 Å². The Bertz CT molecular complexity index is 132. The molecule has 0 fully saturated rings. The summed E-state index contributed by atoms with van der Waals surface area (Å²) < 4.78 is 0. The summed E-state index contributed by atoms with van der Waals surface area (Å²) in [6, 6.07) is 0. The van der Waals surface area contributed by atoms with Crippen LogP contribution >= 0.6 is 0 Å². The molecule has 0 unspecified atom stereocenters. The molecular weight excluding hydrogens is 162 g/mol. The third-order valence-electron chi connectivity index (χ3n) is 1.88. The first-order chi connectivity index (χ1) is 6.31. The van der Waals surface area contributed by atoms with Crippen LogP contribution in [0.25, 0.3) is 0 Å². The van der Waals surface area contributed by atoms with Crippen molar-refractivity contribution in [3.8, 4) is 0 Å². The van der Waals surface area contributed by atoms with Gasteiger partial charge in [-0.05, 0) is 12.8 Å². The van der Waals surface area contributed by atoms with Gasteiger partial charge in [-0.1, -0.05) is 33.1 Å². The van der Waals surface area contributed by atoms with Crippen LogP contribution in [0.15, 0.2) is 4.99 Å². The maximum absolute atomic E-state index is 5.64. The van der Waals surface area contributed by atoms with E-state index in [4.69, 9.17) is 5.73 Å². The molecule has 13 heavy (non-hydrogen) atoms. The largest absolute Gasteiger partial charge is 0.370 e. The van der Waals surface area contributed by atoms with Gasteiger partial charge in [-0.25, -0.2) is 0 Å². The zero-order valence-electron chi connectivity index (χ0n) is 8.97. The van der Waals surface area contributed by atoms with Crippen molar-refractivity contribution >= 4 is 5.96 Å². The Morgan fingerprint density at radius 3 is 2.46 bits per heavy atom. The van der Waals surface area contributed by atoms with Crippen molar-refractivity contribution in [2.75, 3.05) is 13.1 Å². The Morgan fingerprint density at radius 2 is 1.85 bits per heavy atom. The molecule has 78 valence electrons. The Hall–Kier alpha value is -0.730. The Morgan fingerprint density at radius 1 is 1.15 bits per heavy atom. The summed E-state index contributed by atoms with van der Waals surface area (Å²) in [5, 5.41) is 3.09. The standard InChI is InChI=1S/C10H23N3/c1-3-5-7-9-13-10(11)12-8-6-4-2/h3-9H2,1-2H3,(H3,11,12,13). The van der Waals surface area contributed by atoms with E-state index in [2.05, 4.69) is 24.2 Å². The topological polar surface area (TPSA) is 50.4 Å². The first-order valence-electron chi connectivity index (χ1n) is 5.35. The lowest BCUT2D eigenvalue weighted by atomic mass is 10.2. The molecule has 0 aliphatic carbocycles. The number of guanidine groups is 1. The second-order valence-electron chi connectivity index (χ2n) is 3.25. The van der Waals surface area contributed by atoms with Crippen molar-refractivity contribution in [2.24, 2.45) is 10.7 Å². The predicted molar refractivity (Wildman–Crippen MR) is 58.9 cm³/mol. The molecule has 0 heterocycles. The number of hydrogen-bond donors (Lipinski definition) is 2. The first kappa shape index (κ1) is 12.3. The normalized spacial score (nSPS) is 11.7. The van der Waals surface area contributed by atoms with Crippen molar-refractivity contribution in [2.45, 2.75) is 46.0 Å². The molecule has 0 aromatic heterocycles. The van der Waals surface area contributed by atoms with E-state index in [1.54, 1.807) is 0 Å². The van der Waals surface area contributed by atoms with Gasteiger partial charge in [-0.15, -0.1) is 0 Å². The van der Waals surface area contributed by atoms with Gasteiger partial charge in [0.1, 0.15) is 0 Å². The zero-order chi connectivity index (χ0) is 9.94. The Kier molecular flexibility index (Phi) is 8.83. The van der Waals surface area contributed by atoms with Gasteiger partial charge in [0.05, 0.1) is 0 Å². The summed E-state index contributed by atoms with van der Waals surface area (Å²) in [5.41, 5.74) is 5.64. The Labute approximate surface area is 81.8 Å². The lowest BCUT2D eigenvalue weighted by Crippen LogP contribution is -2.32. The third kappa shape index (κ3) is 9.18. The van der Waals surface area contributed by atoms with Crippen LogP contribution in [-0.4, -0.2) is 19.0 Å². The van der Waals surface area contributed by atoms with Gasteiger partial charge in [0.2, 0.25) is 0 Å². The van der Waals surface area contributed by atoms with E-state index >= 15 is 0 Å². The molecule has 0 aliphatic rings. The lowest BCUT2D eigenvalue weighted by Gasteiger charge is -2.03.